The first kappa shape index (κ1) is 21.9. The van der Waals surface area contributed by atoms with Gasteiger partial charge >= 0.3 is 0 Å². The molecule has 3 aromatic carbocycles. The summed E-state index contributed by atoms with van der Waals surface area (Å²) >= 11 is 0. The zero-order valence-electron chi connectivity index (χ0n) is 17.9. The Hall–Kier alpha value is -3.36. The molecule has 0 bridgehead atoms. The maximum atomic E-state index is 11.1. The molecule has 0 aliphatic heterocycles. The molecule has 1 unspecified atom stereocenters. The van der Waals surface area contributed by atoms with Crippen molar-refractivity contribution >= 4 is 30.4 Å². The van der Waals surface area contributed by atoms with E-state index in [2.05, 4.69) is 85.8 Å². The summed E-state index contributed by atoms with van der Waals surface area (Å²) < 4.78 is 0. The Balaban J connectivity index is 1.65. The van der Waals surface area contributed by atoms with Crippen LogP contribution in [0.2, 0.25) is 0 Å². The van der Waals surface area contributed by atoms with Crippen LogP contribution in [0, 0.1) is 16.0 Å². The summed E-state index contributed by atoms with van der Waals surface area (Å²) in [7, 11) is -0.673. The van der Waals surface area contributed by atoms with Crippen molar-refractivity contribution in [1.82, 2.24) is 0 Å². The monoisotopic (exact) mass is 440 g/mol. The molecule has 0 saturated heterocycles. The predicted molar refractivity (Wildman–Crippen MR) is 135 cm³/mol. The molecule has 0 amide bonds. The molecule has 0 fully saturated rings. The van der Waals surface area contributed by atoms with Crippen LogP contribution in [0.4, 0.5) is 5.69 Å². The smallest absolute Gasteiger partial charge is 0.270 e. The number of non-ortho nitro benzene ring substituents is 1. The van der Waals surface area contributed by atoms with Crippen LogP contribution in [0.25, 0.3) is 0 Å². The van der Waals surface area contributed by atoms with Gasteiger partial charge in [-0.3, -0.25) is 15.1 Å². The van der Waals surface area contributed by atoms with Gasteiger partial charge in [-0.15, -0.1) is 0 Å². The van der Waals surface area contributed by atoms with Gasteiger partial charge in [0.2, 0.25) is 0 Å². The molecular formula is C27H25N2O2P. The zero-order valence-corrected chi connectivity index (χ0v) is 18.8. The Labute approximate surface area is 189 Å². The zero-order chi connectivity index (χ0) is 22.3. The second kappa shape index (κ2) is 10.3. The third kappa shape index (κ3) is 4.92. The Kier molecular flexibility index (Phi) is 7.03. The first-order valence-corrected chi connectivity index (χ1v) is 12.1. The number of nitrogens with zero attached hydrogens (tertiary/aromatic N) is 2. The third-order valence-corrected chi connectivity index (χ3v) is 8.14. The van der Waals surface area contributed by atoms with Crippen LogP contribution in [0.3, 0.4) is 0 Å². The van der Waals surface area contributed by atoms with Crippen LogP contribution in [0.5, 0.6) is 0 Å². The third-order valence-electron chi connectivity index (χ3n) is 5.54. The molecule has 4 rings (SSSR count). The van der Waals surface area contributed by atoms with Gasteiger partial charge in [-0.1, -0.05) is 97.9 Å². The fourth-order valence-electron chi connectivity index (χ4n) is 3.99. The highest BCUT2D eigenvalue weighted by molar-refractivity contribution is 7.76. The predicted octanol–water partition coefficient (Wildman–Crippen LogP) is 6.00. The number of benzene rings is 3. The first-order valence-electron chi connectivity index (χ1n) is 10.7. The number of allylic oxidation sites excluding steroid dienone is 2. The minimum Gasteiger partial charge on any atom is -0.288 e. The standard InChI is InChI=1S/C27H25N2O2P/c1-2-26(28-20-21-11-9-12-22(19-21)29(30)31)25-17-10-18-27(25)32(23-13-5-3-6-14-23)24-15-7-4-8-16-24/h3-20,25-26H,2H2,1H3/t25?,26-/m1/s1. The van der Waals surface area contributed by atoms with E-state index < -0.39 is 7.92 Å². The Bertz CT molecular complexity index is 1120. The summed E-state index contributed by atoms with van der Waals surface area (Å²) in [5, 5.41) is 15.1. The maximum Gasteiger partial charge on any atom is 0.270 e. The van der Waals surface area contributed by atoms with Crippen molar-refractivity contribution in [2.24, 2.45) is 10.9 Å². The van der Waals surface area contributed by atoms with Crippen LogP contribution in [-0.4, -0.2) is 17.2 Å². The van der Waals surface area contributed by atoms with Crippen LogP contribution >= 0.6 is 7.92 Å². The fraction of sp³-hybridized carbons (Fsp3) is 0.148. The number of rotatable bonds is 8. The summed E-state index contributed by atoms with van der Waals surface area (Å²) in [6.07, 6.45) is 9.30. The second-order valence-electron chi connectivity index (χ2n) is 7.61. The molecule has 0 radical (unpaired) electrons. The molecule has 32 heavy (non-hydrogen) atoms. The molecule has 0 heterocycles. The molecule has 0 spiro atoms. The highest BCUT2D eigenvalue weighted by Gasteiger charge is 2.30. The minimum atomic E-state index is -0.673. The van der Waals surface area contributed by atoms with E-state index in [0.29, 0.717) is 0 Å². The number of hydrogen-bond donors (Lipinski definition) is 0. The van der Waals surface area contributed by atoms with Gasteiger partial charge in [0.1, 0.15) is 0 Å². The highest BCUT2D eigenvalue weighted by Crippen LogP contribution is 2.50. The lowest BCUT2D eigenvalue weighted by Crippen LogP contribution is -2.22. The van der Waals surface area contributed by atoms with Crippen molar-refractivity contribution in [1.29, 1.82) is 0 Å². The molecular weight excluding hydrogens is 415 g/mol. The van der Waals surface area contributed by atoms with Crippen molar-refractivity contribution in [2.75, 3.05) is 0 Å². The van der Waals surface area contributed by atoms with Gasteiger partial charge < -0.3 is 0 Å². The van der Waals surface area contributed by atoms with Gasteiger partial charge in [-0.25, -0.2) is 0 Å². The molecule has 2 atom stereocenters. The van der Waals surface area contributed by atoms with E-state index in [1.165, 1.54) is 22.0 Å². The van der Waals surface area contributed by atoms with Crippen molar-refractivity contribution in [3.8, 4) is 0 Å². The summed E-state index contributed by atoms with van der Waals surface area (Å²) in [4.78, 5) is 15.6. The molecule has 160 valence electrons. The normalized spacial score (nSPS) is 16.4. The average molecular weight is 440 g/mol. The molecule has 1 aliphatic rings. The Morgan fingerprint density at radius 2 is 1.66 bits per heavy atom. The summed E-state index contributed by atoms with van der Waals surface area (Å²) in [5.74, 6) is 0.196. The number of hydrogen-bond acceptors (Lipinski definition) is 3. The van der Waals surface area contributed by atoms with Gasteiger partial charge in [0.15, 0.2) is 0 Å². The van der Waals surface area contributed by atoms with Crippen LogP contribution < -0.4 is 10.6 Å². The lowest BCUT2D eigenvalue weighted by Gasteiger charge is -2.28. The maximum absolute atomic E-state index is 11.1. The average Bonchev–Trinajstić information content (AvgIpc) is 3.30. The topological polar surface area (TPSA) is 55.5 Å². The van der Waals surface area contributed by atoms with E-state index in [1.54, 1.807) is 18.3 Å². The summed E-state index contributed by atoms with van der Waals surface area (Å²) in [5.41, 5.74) is 0.832. The Morgan fingerprint density at radius 1 is 1.00 bits per heavy atom. The van der Waals surface area contributed by atoms with E-state index >= 15 is 0 Å². The van der Waals surface area contributed by atoms with Gasteiger partial charge in [0, 0.05) is 24.3 Å². The molecule has 1 aliphatic carbocycles. The van der Waals surface area contributed by atoms with E-state index in [1.807, 2.05) is 6.07 Å². The molecule has 0 aromatic heterocycles. The summed E-state index contributed by atoms with van der Waals surface area (Å²) in [6.45, 7) is 2.15. The molecule has 3 aromatic rings. The lowest BCUT2D eigenvalue weighted by atomic mass is 9.99. The van der Waals surface area contributed by atoms with E-state index in [-0.39, 0.29) is 22.6 Å². The molecule has 0 saturated carbocycles. The molecule has 5 heteroatoms. The van der Waals surface area contributed by atoms with Crippen molar-refractivity contribution in [3.05, 3.63) is 124 Å². The van der Waals surface area contributed by atoms with Crippen molar-refractivity contribution in [3.63, 3.8) is 0 Å². The van der Waals surface area contributed by atoms with Gasteiger partial charge in [0.05, 0.1) is 11.0 Å². The summed E-state index contributed by atoms with van der Waals surface area (Å²) in [6, 6.07) is 28.0. The largest absolute Gasteiger partial charge is 0.288 e. The quantitative estimate of drug-likeness (QED) is 0.187. The van der Waals surface area contributed by atoms with Gasteiger partial charge in [-0.05, 0) is 35.8 Å². The molecule has 0 N–H and O–H groups in total. The van der Waals surface area contributed by atoms with E-state index in [0.717, 1.165) is 12.0 Å². The number of aliphatic imine (C=N–C) groups is 1. The van der Waals surface area contributed by atoms with Crippen LogP contribution in [0.15, 0.2) is 113 Å². The first-order chi connectivity index (χ1) is 15.7. The van der Waals surface area contributed by atoms with E-state index in [4.69, 9.17) is 4.99 Å². The number of nitro benzene ring substituents is 1. The van der Waals surface area contributed by atoms with Crippen molar-refractivity contribution in [2.45, 2.75) is 19.4 Å². The SMILES string of the molecule is CC[C@@H](N=Cc1cccc([N+](=O)[O-])c1)C1C=CC=C1P(c1ccccc1)c1ccccc1. The van der Waals surface area contributed by atoms with Crippen LogP contribution in [-0.2, 0) is 0 Å². The van der Waals surface area contributed by atoms with Crippen LogP contribution in [0.1, 0.15) is 18.9 Å². The fourth-order valence-corrected chi connectivity index (χ4v) is 6.61. The van der Waals surface area contributed by atoms with Crippen molar-refractivity contribution < 1.29 is 4.92 Å². The Morgan fingerprint density at radius 3 is 2.25 bits per heavy atom. The number of nitro groups is 1. The highest BCUT2D eigenvalue weighted by atomic mass is 31.1. The lowest BCUT2D eigenvalue weighted by molar-refractivity contribution is -0.384. The minimum absolute atomic E-state index is 0.0664. The van der Waals surface area contributed by atoms with Gasteiger partial charge in [-0.2, -0.15) is 0 Å². The van der Waals surface area contributed by atoms with E-state index in [9.17, 15) is 10.1 Å². The second-order valence-corrected chi connectivity index (χ2v) is 9.83. The van der Waals surface area contributed by atoms with Gasteiger partial charge in [0.25, 0.3) is 5.69 Å². The molecule has 4 nitrogen and oxygen atoms in total.